The summed E-state index contributed by atoms with van der Waals surface area (Å²) >= 11 is 5.87. The highest BCUT2D eigenvalue weighted by Gasteiger charge is 2.42. The van der Waals surface area contributed by atoms with Crippen molar-refractivity contribution in [2.24, 2.45) is 0 Å². The van der Waals surface area contributed by atoms with E-state index in [1.165, 1.54) is 7.11 Å². The first-order valence-corrected chi connectivity index (χ1v) is 13.1. The van der Waals surface area contributed by atoms with Crippen molar-refractivity contribution in [3.63, 3.8) is 0 Å². The zero-order valence-corrected chi connectivity index (χ0v) is 23.1. The van der Waals surface area contributed by atoms with E-state index in [0.29, 0.717) is 10.8 Å². The van der Waals surface area contributed by atoms with Crippen molar-refractivity contribution in [2.75, 3.05) is 23.9 Å². The van der Waals surface area contributed by atoms with Gasteiger partial charge in [0.15, 0.2) is 5.11 Å². The third kappa shape index (κ3) is 5.18. The highest BCUT2D eigenvalue weighted by molar-refractivity contribution is 7.80. The molecular weight excluding hydrogens is 526 g/mol. The standard InChI is InChI=1S/C30H29N5O4S/c1-18-16-24(19(2)34(18)22-11-7-20(8-12-22)29(37)38)28-27(25-6-4-5-15-31-25)33-30(40)35(28)23-13-9-21(10-14-23)32-26(36)17-39-3/h4-16,27-28H,17H2,1-3H3,(H,32,36)(H,33,40)(H,37,38)/t27-,28+/m0/s1. The number of carbonyl (C=O) groups is 2. The van der Waals surface area contributed by atoms with Crippen molar-refractivity contribution in [2.45, 2.75) is 25.9 Å². The summed E-state index contributed by atoms with van der Waals surface area (Å²) in [5, 5.41) is 16.2. The predicted molar refractivity (Wildman–Crippen MR) is 157 cm³/mol. The fourth-order valence-electron chi connectivity index (χ4n) is 5.22. The van der Waals surface area contributed by atoms with Crippen molar-refractivity contribution in [1.82, 2.24) is 14.9 Å². The van der Waals surface area contributed by atoms with E-state index in [1.807, 2.05) is 61.5 Å². The lowest BCUT2D eigenvalue weighted by atomic mass is 9.96. The fraction of sp³-hybridized carbons (Fsp3) is 0.200. The lowest BCUT2D eigenvalue weighted by molar-refractivity contribution is -0.119. The number of aromatic nitrogens is 2. The van der Waals surface area contributed by atoms with E-state index < -0.39 is 5.97 Å². The Bertz CT molecular complexity index is 1550. The van der Waals surface area contributed by atoms with Crippen LogP contribution in [0.1, 0.15) is 45.1 Å². The quantitative estimate of drug-likeness (QED) is 0.262. The van der Waals surface area contributed by atoms with Crippen LogP contribution in [0.2, 0.25) is 0 Å². The third-order valence-electron chi connectivity index (χ3n) is 6.96. The first-order valence-electron chi connectivity index (χ1n) is 12.7. The maximum absolute atomic E-state index is 12.0. The van der Waals surface area contributed by atoms with Crippen LogP contribution < -0.4 is 15.5 Å². The molecule has 2 aromatic carbocycles. The number of benzene rings is 2. The molecule has 3 N–H and O–H groups in total. The lowest BCUT2D eigenvalue weighted by Crippen LogP contribution is -2.29. The van der Waals surface area contributed by atoms with E-state index in [2.05, 4.69) is 38.1 Å². The molecule has 1 amide bonds. The number of amides is 1. The summed E-state index contributed by atoms with van der Waals surface area (Å²) in [7, 11) is 1.48. The monoisotopic (exact) mass is 555 g/mol. The van der Waals surface area contributed by atoms with Crippen LogP contribution in [0.15, 0.2) is 79.0 Å². The number of pyridine rings is 1. The predicted octanol–water partition coefficient (Wildman–Crippen LogP) is 4.95. The molecule has 2 atom stereocenters. The summed E-state index contributed by atoms with van der Waals surface area (Å²) in [6, 6.07) is 21.9. The topological polar surface area (TPSA) is 109 Å². The summed E-state index contributed by atoms with van der Waals surface area (Å²) in [5.74, 6) is -1.19. The van der Waals surface area contributed by atoms with Gasteiger partial charge in [0.25, 0.3) is 0 Å². The molecule has 4 aromatic rings. The number of aryl methyl sites for hydroxylation is 1. The molecule has 204 valence electrons. The Balaban J connectivity index is 1.57. The Kier molecular flexibility index (Phi) is 7.63. The van der Waals surface area contributed by atoms with Gasteiger partial charge in [0.05, 0.1) is 23.3 Å². The van der Waals surface area contributed by atoms with Gasteiger partial charge in [-0.05, 0) is 98.4 Å². The number of hydrogen-bond acceptors (Lipinski definition) is 5. The van der Waals surface area contributed by atoms with Crippen molar-refractivity contribution in [1.29, 1.82) is 0 Å². The number of nitrogens with zero attached hydrogens (tertiary/aromatic N) is 3. The lowest BCUT2D eigenvalue weighted by Gasteiger charge is -2.28. The molecule has 0 unspecified atom stereocenters. The number of carboxylic acid groups (broad SMARTS) is 1. The molecule has 1 fully saturated rings. The first kappa shape index (κ1) is 27.0. The van der Waals surface area contributed by atoms with E-state index in [-0.39, 0.29) is 30.2 Å². The summed E-state index contributed by atoms with van der Waals surface area (Å²) in [6.45, 7) is 4.06. The van der Waals surface area contributed by atoms with Crippen LogP contribution >= 0.6 is 12.2 Å². The van der Waals surface area contributed by atoms with Crippen molar-refractivity contribution < 1.29 is 19.4 Å². The Morgan fingerprint density at radius 3 is 2.38 bits per heavy atom. The minimum absolute atomic E-state index is 0.0234. The molecule has 0 aliphatic carbocycles. The number of ether oxygens (including phenoxy) is 1. The second-order valence-electron chi connectivity index (χ2n) is 9.54. The maximum Gasteiger partial charge on any atom is 0.335 e. The second kappa shape index (κ2) is 11.3. The van der Waals surface area contributed by atoms with Gasteiger partial charge in [-0.3, -0.25) is 9.78 Å². The Hall–Kier alpha value is -4.54. The zero-order chi connectivity index (χ0) is 28.4. The van der Waals surface area contributed by atoms with Crippen LogP contribution in [0.25, 0.3) is 5.69 Å². The highest BCUT2D eigenvalue weighted by atomic mass is 32.1. The number of methoxy groups -OCH3 is 1. The van der Waals surface area contributed by atoms with Gasteiger partial charge < -0.3 is 29.9 Å². The number of thiocarbonyl (C=S) groups is 1. The van der Waals surface area contributed by atoms with Crippen LogP contribution in [0.4, 0.5) is 11.4 Å². The van der Waals surface area contributed by atoms with Crippen LogP contribution in [0.5, 0.6) is 0 Å². The minimum atomic E-state index is -0.961. The van der Waals surface area contributed by atoms with Gasteiger partial charge in [0.2, 0.25) is 5.91 Å². The van der Waals surface area contributed by atoms with Gasteiger partial charge in [-0.25, -0.2) is 4.79 Å². The van der Waals surface area contributed by atoms with Gasteiger partial charge >= 0.3 is 5.97 Å². The van der Waals surface area contributed by atoms with Crippen molar-refractivity contribution in [3.8, 4) is 5.69 Å². The van der Waals surface area contributed by atoms with Gasteiger partial charge in [-0.2, -0.15) is 0 Å². The number of rotatable bonds is 8. The maximum atomic E-state index is 12.0. The molecule has 0 saturated carbocycles. The summed E-state index contributed by atoms with van der Waals surface area (Å²) in [4.78, 5) is 30.1. The van der Waals surface area contributed by atoms with E-state index in [0.717, 1.165) is 34.0 Å². The largest absolute Gasteiger partial charge is 0.478 e. The number of carbonyl (C=O) groups excluding carboxylic acids is 1. The van der Waals surface area contributed by atoms with E-state index in [4.69, 9.17) is 17.0 Å². The number of anilines is 2. The van der Waals surface area contributed by atoms with Crippen molar-refractivity contribution >= 4 is 40.6 Å². The van der Waals surface area contributed by atoms with Crippen LogP contribution in [-0.4, -0.2) is 45.4 Å². The highest BCUT2D eigenvalue weighted by Crippen LogP contribution is 2.44. The molecule has 3 heterocycles. The molecule has 9 nitrogen and oxygen atoms in total. The van der Waals surface area contributed by atoms with Crippen LogP contribution in [0, 0.1) is 13.8 Å². The fourth-order valence-corrected chi connectivity index (χ4v) is 5.57. The van der Waals surface area contributed by atoms with Gasteiger partial charge in [0, 0.05) is 41.8 Å². The molecule has 2 aromatic heterocycles. The number of hydrogen-bond donors (Lipinski definition) is 3. The Labute approximate surface area is 237 Å². The third-order valence-corrected chi connectivity index (χ3v) is 7.28. The second-order valence-corrected chi connectivity index (χ2v) is 9.93. The molecule has 1 saturated heterocycles. The smallest absolute Gasteiger partial charge is 0.335 e. The van der Waals surface area contributed by atoms with Gasteiger partial charge in [-0.1, -0.05) is 6.07 Å². The summed E-state index contributed by atoms with van der Waals surface area (Å²) in [6.07, 6.45) is 1.77. The molecule has 0 bridgehead atoms. The van der Waals surface area contributed by atoms with Crippen molar-refractivity contribution in [3.05, 3.63) is 107 Å². The number of aromatic carboxylic acids is 1. The summed E-state index contributed by atoms with van der Waals surface area (Å²) in [5.41, 5.74) is 6.55. The molecule has 0 spiro atoms. The molecule has 5 rings (SSSR count). The number of carboxylic acids is 1. The van der Waals surface area contributed by atoms with Gasteiger partial charge in [-0.15, -0.1) is 0 Å². The van der Waals surface area contributed by atoms with E-state index >= 15 is 0 Å². The molecule has 10 heteroatoms. The Morgan fingerprint density at radius 1 is 1.05 bits per heavy atom. The summed E-state index contributed by atoms with van der Waals surface area (Å²) < 4.78 is 7.02. The SMILES string of the molecule is COCC(=O)Nc1ccc(N2C(=S)N[C@@H](c3ccccn3)[C@H]2c2cc(C)n(-c3ccc(C(=O)O)cc3)c2C)cc1. The molecular formula is C30H29N5O4S. The average molecular weight is 556 g/mol. The molecule has 0 radical (unpaired) electrons. The van der Waals surface area contributed by atoms with Crippen LogP contribution in [-0.2, 0) is 9.53 Å². The van der Waals surface area contributed by atoms with E-state index in [1.54, 1.807) is 18.3 Å². The molecule has 1 aliphatic rings. The molecule has 1 aliphatic heterocycles. The zero-order valence-electron chi connectivity index (χ0n) is 22.3. The van der Waals surface area contributed by atoms with E-state index in [9.17, 15) is 14.7 Å². The van der Waals surface area contributed by atoms with Gasteiger partial charge in [0.1, 0.15) is 6.61 Å². The minimum Gasteiger partial charge on any atom is -0.478 e. The van der Waals surface area contributed by atoms with Crippen LogP contribution in [0.3, 0.4) is 0 Å². The number of nitrogens with one attached hydrogen (secondary N) is 2. The normalized spacial score (nSPS) is 16.6. The Morgan fingerprint density at radius 2 is 1.75 bits per heavy atom. The first-order chi connectivity index (χ1) is 19.3. The average Bonchev–Trinajstić information content (AvgIpc) is 3.44. The molecule has 40 heavy (non-hydrogen) atoms.